The molecule has 9 heteroatoms. The molecule has 1 aliphatic carbocycles. The topological polar surface area (TPSA) is 88.4 Å². The number of hydrogen-bond acceptors (Lipinski definition) is 8. The van der Waals surface area contributed by atoms with Crippen molar-refractivity contribution in [3.8, 4) is 17.2 Å². The van der Waals surface area contributed by atoms with Crippen LogP contribution in [0.15, 0.2) is 82.1 Å². The van der Waals surface area contributed by atoms with Crippen LogP contribution in [0.5, 0.6) is 17.2 Å². The van der Waals surface area contributed by atoms with Gasteiger partial charge in [0.2, 0.25) is 0 Å². The van der Waals surface area contributed by atoms with Crippen LogP contribution in [0, 0.1) is 0 Å². The van der Waals surface area contributed by atoms with Gasteiger partial charge in [0.05, 0.1) is 37.6 Å². The molecule has 0 saturated carbocycles. The molecule has 41 heavy (non-hydrogen) atoms. The van der Waals surface area contributed by atoms with Gasteiger partial charge in [0.25, 0.3) is 5.56 Å². The summed E-state index contributed by atoms with van der Waals surface area (Å²) in [5.74, 6) is 0.995. The standard InChI is InChI=1S/C32H28N2O6S/c1-37-22-11-6-9-20(16-22)29-24-15-14-19-8-4-5-12-23(19)28(24)33-32-34(29)31(36)26(41-32)17-21-10-7-13-25(38-2)30(21)40-18-27(35)39-3/h4-13,16-17,29H,14-15,18H2,1-3H3. The Morgan fingerprint density at radius 1 is 1.02 bits per heavy atom. The van der Waals surface area contributed by atoms with E-state index in [1.807, 2.05) is 36.4 Å². The van der Waals surface area contributed by atoms with Gasteiger partial charge in [-0.25, -0.2) is 9.79 Å². The van der Waals surface area contributed by atoms with E-state index in [-0.39, 0.29) is 18.2 Å². The Hall–Kier alpha value is -4.63. The van der Waals surface area contributed by atoms with Crippen LogP contribution in [0.1, 0.15) is 34.7 Å². The molecule has 208 valence electrons. The molecular formula is C32H28N2O6S. The molecule has 0 fully saturated rings. The summed E-state index contributed by atoms with van der Waals surface area (Å²) in [7, 11) is 4.46. The maximum atomic E-state index is 14.1. The first-order valence-electron chi connectivity index (χ1n) is 13.2. The third-order valence-corrected chi connectivity index (χ3v) is 8.34. The summed E-state index contributed by atoms with van der Waals surface area (Å²) in [6.45, 7) is -0.291. The van der Waals surface area contributed by atoms with Gasteiger partial charge in [-0.3, -0.25) is 9.36 Å². The number of nitrogens with zero attached hydrogens (tertiary/aromatic N) is 2. The number of carbonyl (C=O) groups excluding carboxylic acids is 1. The lowest BCUT2D eigenvalue weighted by Gasteiger charge is -2.31. The summed E-state index contributed by atoms with van der Waals surface area (Å²) in [6, 6.07) is 21.2. The van der Waals surface area contributed by atoms with Crippen molar-refractivity contribution in [2.75, 3.05) is 27.9 Å². The second-order valence-electron chi connectivity index (χ2n) is 9.63. The third kappa shape index (κ3) is 4.82. The minimum atomic E-state index is -0.523. The van der Waals surface area contributed by atoms with E-state index in [4.69, 9.17) is 23.9 Å². The molecule has 0 saturated heterocycles. The van der Waals surface area contributed by atoms with Crippen LogP contribution >= 0.6 is 11.3 Å². The highest BCUT2D eigenvalue weighted by molar-refractivity contribution is 7.07. The maximum Gasteiger partial charge on any atom is 0.343 e. The lowest BCUT2D eigenvalue weighted by atomic mass is 9.83. The van der Waals surface area contributed by atoms with Gasteiger partial charge >= 0.3 is 5.97 Å². The lowest BCUT2D eigenvalue weighted by molar-refractivity contribution is -0.142. The quantitative estimate of drug-likeness (QED) is 0.315. The number of hydrogen-bond donors (Lipinski definition) is 0. The number of carbonyl (C=O) groups is 1. The predicted octanol–water partition coefficient (Wildman–Crippen LogP) is 3.89. The molecule has 3 aromatic carbocycles. The van der Waals surface area contributed by atoms with Crippen molar-refractivity contribution in [3.63, 3.8) is 0 Å². The summed E-state index contributed by atoms with van der Waals surface area (Å²) in [5, 5.41) is 0. The van der Waals surface area contributed by atoms with Gasteiger partial charge in [0, 0.05) is 11.1 Å². The van der Waals surface area contributed by atoms with Crippen molar-refractivity contribution in [1.29, 1.82) is 0 Å². The van der Waals surface area contributed by atoms with E-state index in [1.165, 1.54) is 31.1 Å². The summed E-state index contributed by atoms with van der Waals surface area (Å²) in [6.07, 6.45) is 3.43. The van der Waals surface area contributed by atoms with Crippen molar-refractivity contribution < 1.29 is 23.7 Å². The van der Waals surface area contributed by atoms with Gasteiger partial charge in [-0.05, 0) is 53.8 Å². The van der Waals surface area contributed by atoms with Gasteiger partial charge in [-0.2, -0.15) is 0 Å². The van der Waals surface area contributed by atoms with E-state index in [0.29, 0.717) is 26.4 Å². The Morgan fingerprint density at radius 2 is 1.85 bits per heavy atom. The molecule has 6 rings (SSSR count). The smallest absolute Gasteiger partial charge is 0.343 e. The number of aromatic nitrogens is 1. The van der Waals surface area contributed by atoms with Crippen molar-refractivity contribution in [2.24, 2.45) is 4.99 Å². The zero-order valence-electron chi connectivity index (χ0n) is 22.9. The Balaban J connectivity index is 1.56. The van der Waals surface area contributed by atoms with Crippen molar-refractivity contribution in [3.05, 3.63) is 114 Å². The Morgan fingerprint density at radius 3 is 2.66 bits per heavy atom. The molecule has 0 amide bonds. The average Bonchev–Trinajstić information content (AvgIpc) is 3.32. The largest absolute Gasteiger partial charge is 0.497 e. The van der Waals surface area contributed by atoms with Crippen molar-refractivity contribution in [1.82, 2.24) is 4.57 Å². The minimum Gasteiger partial charge on any atom is -0.497 e. The van der Waals surface area contributed by atoms with Crippen molar-refractivity contribution in [2.45, 2.75) is 18.9 Å². The molecule has 1 aromatic heterocycles. The second kappa shape index (κ2) is 11.1. The highest BCUT2D eigenvalue weighted by Gasteiger charge is 2.32. The van der Waals surface area contributed by atoms with Crippen LogP contribution in [0.2, 0.25) is 0 Å². The normalized spacial score (nSPS) is 15.8. The van der Waals surface area contributed by atoms with E-state index in [1.54, 1.807) is 29.9 Å². The molecule has 0 N–H and O–H groups in total. The molecule has 1 atom stereocenters. The maximum absolute atomic E-state index is 14.1. The van der Waals surface area contributed by atoms with Crippen LogP contribution in [0.3, 0.4) is 0 Å². The summed E-state index contributed by atoms with van der Waals surface area (Å²) < 4.78 is 23.8. The molecule has 0 radical (unpaired) electrons. The Bertz CT molecular complexity index is 1870. The van der Waals surface area contributed by atoms with Crippen LogP contribution < -0.4 is 29.1 Å². The number of methoxy groups -OCH3 is 3. The van der Waals surface area contributed by atoms with Crippen molar-refractivity contribution >= 4 is 29.1 Å². The lowest BCUT2D eigenvalue weighted by Crippen LogP contribution is -2.38. The van der Waals surface area contributed by atoms with E-state index in [0.717, 1.165) is 41.0 Å². The first-order valence-corrected chi connectivity index (χ1v) is 14.0. The van der Waals surface area contributed by atoms with Gasteiger partial charge in [-0.15, -0.1) is 0 Å². The molecule has 2 heterocycles. The van der Waals surface area contributed by atoms with E-state index >= 15 is 0 Å². The van der Waals surface area contributed by atoms with E-state index < -0.39 is 5.97 Å². The number of ether oxygens (including phenoxy) is 4. The number of fused-ring (bicyclic) bond motifs is 3. The molecule has 1 aliphatic heterocycles. The molecule has 0 spiro atoms. The highest BCUT2D eigenvalue weighted by atomic mass is 32.1. The number of thiazole rings is 1. The third-order valence-electron chi connectivity index (χ3n) is 7.36. The number of rotatable bonds is 7. The number of esters is 1. The van der Waals surface area contributed by atoms with E-state index in [9.17, 15) is 9.59 Å². The zero-order valence-corrected chi connectivity index (χ0v) is 23.7. The molecule has 1 unspecified atom stereocenters. The number of aryl methyl sites for hydroxylation is 1. The highest BCUT2D eigenvalue weighted by Crippen LogP contribution is 2.41. The monoisotopic (exact) mass is 568 g/mol. The number of para-hydroxylation sites is 1. The van der Waals surface area contributed by atoms with Crippen LogP contribution in [0.25, 0.3) is 11.8 Å². The Kier molecular flexibility index (Phi) is 7.19. The number of allylic oxidation sites excluding steroid dienone is 1. The van der Waals surface area contributed by atoms with Gasteiger partial charge in [0.15, 0.2) is 22.9 Å². The van der Waals surface area contributed by atoms with Gasteiger partial charge < -0.3 is 18.9 Å². The molecule has 0 bridgehead atoms. The average molecular weight is 569 g/mol. The van der Waals surface area contributed by atoms with Gasteiger partial charge in [0.1, 0.15) is 5.75 Å². The summed E-state index contributed by atoms with van der Waals surface area (Å²) in [4.78, 5) is 31.6. The Labute approximate surface area is 240 Å². The van der Waals surface area contributed by atoms with Crippen LogP contribution in [-0.4, -0.2) is 38.5 Å². The summed E-state index contributed by atoms with van der Waals surface area (Å²) in [5.41, 5.74) is 5.80. The first kappa shape index (κ1) is 26.6. The predicted molar refractivity (Wildman–Crippen MR) is 156 cm³/mol. The SMILES string of the molecule is COC(=O)COc1c(C=c2sc3n(c2=O)C(c2cccc(OC)c2)C2=C(N=3)c3ccccc3CC2)cccc1OC. The fourth-order valence-corrected chi connectivity index (χ4v) is 6.42. The van der Waals surface area contributed by atoms with Gasteiger partial charge in [-0.1, -0.05) is 59.9 Å². The summed E-state index contributed by atoms with van der Waals surface area (Å²) >= 11 is 1.32. The van der Waals surface area contributed by atoms with E-state index in [2.05, 4.69) is 18.2 Å². The minimum absolute atomic E-state index is 0.159. The second-order valence-corrected chi connectivity index (χ2v) is 10.6. The fourth-order valence-electron chi connectivity index (χ4n) is 5.43. The molecule has 4 aromatic rings. The van der Waals surface area contributed by atoms with Crippen LogP contribution in [-0.2, 0) is 16.0 Å². The van der Waals surface area contributed by atoms with Crippen LogP contribution in [0.4, 0.5) is 0 Å². The first-order chi connectivity index (χ1) is 20.0. The fraction of sp³-hybridized carbons (Fsp3) is 0.219. The molecular weight excluding hydrogens is 540 g/mol. The number of benzene rings is 3. The zero-order chi connectivity index (χ0) is 28.5. The molecule has 8 nitrogen and oxygen atoms in total. The molecule has 2 aliphatic rings.